The van der Waals surface area contributed by atoms with Gasteiger partial charge in [0, 0.05) is 0 Å². The van der Waals surface area contributed by atoms with Crippen LogP contribution in [0.5, 0.6) is 0 Å². The van der Waals surface area contributed by atoms with E-state index >= 15 is 0 Å². The third kappa shape index (κ3) is 5.84. The lowest BCUT2D eigenvalue weighted by molar-refractivity contribution is -0.112. The zero-order valence-corrected chi connectivity index (χ0v) is 7.98. The first kappa shape index (κ1) is 10.4. The second-order valence-corrected chi connectivity index (χ2v) is 3.68. The molecule has 1 heteroatoms. The maximum Gasteiger partial charge on any atom is 0.152 e. The van der Waals surface area contributed by atoms with E-state index in [1.165, 1.54) is 0 Å². The molecular weight excluding hydrogens is 136 g/mol. The van der Waals surface area contributed by atoms with Crippen LogP contribution in [0.15, 0.2) is 12.2 Å². The predicted molar refractivity (Wildman–Crippen MR) is 48.5 cm³/mol. The minimum atomic E-state index is 0.133. The Kier molecular flexibility index (Phi) is 4.09. The molecule has 0 spiro atoms. The molecule has 0 atom stereocenters. The number of hydrogen-bond acceptors (Lipinski definition) is 1. The molecule has 1 nitrogen and oxygen atoms in total. The van der Waals surface area contributed by atoms with Gasteiger partial charge in [-0.3, -0.25) is 4.79 Å². The molecule has 0 bridgehead atoms. The molecule has 0 aliphatic carbocycles. The highest BCUT2D eigenvalue weighted by Gasteiger charge is 2.11. The normalized spacial score (nSPS) is 12.4. The van der Waals surface area contributed by atoms with Crippen molar-refractivity contribution < 1.29 is 4.79 Å². The lowest BCUT2D eigenvalue weighted by Gasteiger charge is -2.18. The van der Waals surface area contributed by atoms with Crippen LogP contribution < -0.4 is 0 Å². The summed E-state index contributed by atoms with van der Waals surface area (Å²) in [6, 6.07) is 0. The molecule has 0 aliphatic rings. The van der Waals surface area contributed by atoms with Gasteiger partial charge in [0.05, 0.1) is 0 Å². The predicted octanol–water partition coefficient (Wildman–Crippen LogP) is 2.96. The molecule has 0 aromatic carbocycles. The van der Waals surface area contributed by atoms with Gasteiger partial charge in [-0.25, -0.2) is 0 Å². The highest BCUT2D eigenvalue weighted by atomic mass is 16.1. The maximum atomic E-state index is 10.6. The molecule has 11 heavy (non-hydrogen) atoms. The zero-order valence-electron chi connectivity index (χ0n) is 7.98. The van der Waals surface area contributed by atoms with Crippen molar-refractivity contribution in [1.82, 2.24) is 0 Å². The minimum Gasteiger partial charge on any atom is -0.295 e. The van der Waals surface area contributed by atoms with Gasteiger partial charge in [-0.05, 0) is 24.8 Å². The Morgan fingerprint density at radius 1 is 1.45 bits per heavy atom. The molecule has 0 radical (unpaired) electrons. The number of carbonyl (C=O) groups is 1. The first-order valence-electron chi connectivity index (χ1n) is 4.18. The van der Waals surface area contributed by atoms with E-state index in [4.69, 9.17) is 0 Å². The quantitative estimate of drug-likeness (QED) is 0.569. The van der Waals surface area contributed by atoms with Crippen LogP contribution in [0.4, 0.5) is 0 Å². The molecule has 0 N–H and O–H groups in total. The van der Waals surface area contributed by atoms with Crippen molar-refractivity contribution >= 4 is 5.78 Å². The van der Waals surface area contributed by atoms with Crippen molar-refractivity contribution in [1.29, 1.82) is 0 Å². The Morgan fingerprint density at radius 3 is 2.36 bits per heavy atom. The fraction of sp³-hybridized carbons (Fsp3) is 0.700. The van der Waals surface area contributed by atoms with E-state index in [0.717, 1.165) is 12.8 Å². The largest absolute Gasteiger partial charge is 0.295 e. The number of allylic oxidation sites excluding steroid dienone is 2. The summed E-state index contributed by atoms with van der Waals surface area (Å²) in [5.41, 5.74) is 0.181. The molecule has 0 unspecified atom stereocenters. The Balaban J connectivity index is 3.99. The number of ketones is 1. The molecule has 0 aliphatic heterocycles. The molecule has 0 amide bonds. The third-order valence-corrected chi connectivity index (χ3v) is 1.66. The Morgan fingerprint density at radius 2 is 2.00 bits per heavy atom. The van der Waals surface area contributed by atoms with Crippen LogP contribution in [0.2, 0.25) is 0 Å². The van der Waals surface area contributed by atoms with Crippen molar-refractivity contribution in [3.8, 4) is 0 Å². The first-order valence-corrected chi connectivity index (χ1v) is 4.18. The van der Waals surface area contributed by atoms with Crippen LogP contribution >= 0.6 is 0 Å². The Bertz CT molecular complexity index is 154. The van der Waals surface area contributed by atoms with Gasteiger partial charge >= 0.3 is 0 Å². The van der Waals surface area contributed by atoms with Crippen LogP contribution in [0.3, 0.4) is 0 Å². The summed E-state index contributed by atoms with van der Waals surface area (Å²) in [6.45, 7) is 8.04. The average molecular weight is 154 g/mol. The van der Waals surface area contributed by atoms with Gasteiger partial charge in [0.1, 0.15) is 0 Å². The van der Waals surface area contributed by atoms with E-state index < -0.39 is 0 Å². The molecule has 0 aromatic rings. The molecule has 0 heterocycles. The lowest BCUT2D eigenvalue weighted by atomic mass is 9.87. The van der Waals surface area contributed by atoms with Gasteiger partial charge in [0.25, 0.3) is 0 Å². The van der Waals surface area contributed by atoms with Crippen LogP contribution in [0.25, 0.3) is 0 Å². The number of carbonyl (C=O) groups excluding carboxylic acids is 1. The van der Waals surface area contributed by atoms with Crippen molar-refractivity contribution in [2.75, 3.05) is 0 Å². The summed E-state index contributed by atoms with van der Waals surface area (Å²) in [5, 5.41) is 0. The molecule has 0 saturated heterocycles. The highest BCUT2D eigenvalue weighted by Crippen LogP contribution is 2.23. The van der Waals surface area contributed by atoms with E-state index in [9.17, 15) is 4.79 Å². The smallest absolute Gasteiger partial charge is 0.152 e. The van der Waals surface area contributed by atoms with Crippen LogP contribution in [-0.4, -0.2) is 5.78 Å². The SMILES string of the molecule is CCCC(C)(C)C=CC(C)=O. The van der Waals surface area contributed by atoms with Gasteiger partial charge in [0.2, 0.25) is 0 Å². The summed E-state index contributed by atoms with van der Waals surface area (Å²) < 4.78 is 0. The van der Waals surface area contributed by atoms with Crippen LogP contribution in [-0.2, 0) is 4.79 Å². The number of hydrogen-bond donors (Lipinski definition) is 0. The van der Waals surface area contributed by atoms with E-state index in [1.54, 1.807) is 13.0 Å². The van der Waals surface area contributed by atoms with Crippen LogP contribution in [0, 0.1) is 5.41 Å². The summed E-state index contributed by atoms with van der Waals surface area (Å²) in [5.74, 6) is 0.133. The number of rotatable bonds is 4. The lowest BCUT2D eigenvalue weighted by Crippen LogP contribution is -2.06. The zero-order chi connectivity index (χ0) is 8.91. The minimum absolute atomic E-state index is 0.133. The van der Waals surface area contributed by atoms with E-state index in [1.807, 2.05) is 6.08 Å². The third-order valence-electron chi connectivity index (χ3n) is 1.66. The molecular formula is C10H18O. The van der Waals surface area contributed by atoms with E-state index in [0.29, 0.717) is 0 Å². The summed E-state index contributed by atoms with van der Waals surface area (Å²) >= 11 is 0. The van der Waals surface area contributed by atoms with Crippen molar-refractivity contribution in [2.24, 2.45) is 5.41 Å². The molecule has 0 aromatic heterocycles. The fourth-order valence-corrected chi connectivity index (χ4v) is 1.07. The molecule has 64 valence electrons. The highest BCUT2D eigenvalue weighted by molar-refractivity contribution is 5.87. The average Bonchev–Trinajstić information content (AvgIpc) is 1.84. The standard InChI is InChI=1S/C10H18O/c1-5-7-10(3,4)8-6-9(2)11/h6,8H,5,7H2,1-4H3. The van der Waals surface area contributed by atoms with Gasteiger partial charge in [0.15, 0.2) is 5.78 Å². The molecule has 0 fully saturated rings. The van der Waals surface area contributed by atoms with Crippen molar-refractivity contribution in [3.63, 3.8) is 0 Å². The van der Waals surface area contributed by atoms with Gasteiger partial charge in [-0.1, -0.05) is 33.3 Å². The summed E-state index contributed by atoms with van der Waals surface area (Å²) in [7, 11) is 0. The molecule has 0 rings (SSSR count). The van der Waals surface area contributed by atoms with Gasteiger partial charge in [-0.2, -0.15) is 0 Å². The van der Waals surface area contributed by atoms with Crippen molar-refractivity contribution in [3.05, 3.63) is 12.2 Å². The monoisotopic (exact) mass is 154 g/mol. The fourth-order valence-electron chi connectivity index (χ4n) is 1.07. The van der Waals surface area contributed by atoms with E-state index in [-0.39, 0.29) is 11.2 Å². The van der Waals surface area contributed by atoms with Gasteiger partial charge in [-0.15, -0.1) is 0 Å². The van der Waals surface area contributed by atoms with Crippen molar-refractivity contribution in [2.45, 2.75) is 40.5 Å². The van der Waals surface area contributed by atoms with Crippen LogP contribution in [0.1, 0.15) is 40.5 Å². The Hall–Kier alpha value is -0.590. The summed E-state index contributed by atoms with van der Waals surface area (Å²) in [6.07, 6.45) is 5.96. The second kappa shape index (κ2) is 4.32. The summed E-state index contributed by atoms with van der Waals surface area (Å²) in [4.78, 5) is 10.6. The topological polar surface area (TPSA) is 17.1 Å². The Labute approximate surface area is 69.5 Å². The van der Waals surface area contributed by atoms with Gasteiger partial charge < -0.3 is 0 Å². The maximum absolute atomic E-state index is 10.6. The van der Waals surface area contributed by atoms with E-state index in [2.05, 4.69) is 20.8 Å². The second-order valence-electron chi connectivity index (χ2n) is 3.68. The molecule has 0 saturated carbocycles. The first-order chi connectivity index (χ1) is 4.98.